The van der Waals surface area contributed by atoms with Gasteiger partial charge in [-0.15, -0.1) is 0 Å². The summed E-state index contributed by atoms with van der Waals surface area (Å²) in [7, 11) is 0. The van der Waals surface area contributed by atoms with E-state index in [0.29, 0.717) is 25.9 Å². The number of hydrogen-bond acceptors (Lipinski definition) is 5. The van der Waals surface area contributed by atoms with Crippen LogP contribution in [0.5, 0.6) is 0 Å². The number of rotatable bonds is 54. The third-order valence-corrected chi connectivity index (χ3v) is 13.4. The number of amides is 1. The molecule has 0 aromatic carbocycles. The Labute approximate surface area is 411 Å². The molecule has 2 unspecified atom stereocenters. The highest BCUT2D eigenvalue weighted by atomic mass is 16.5. The van der Waals surface area contributed by atoms with Gasteiger partial charge in [0, 0.05) is 12.8 Å². The molecule has 0 saturated heterocycles. The van der Waals surface area contributed by atoms with Crippen molar-refractivity contribution in [2.75, 3.05) is 13.2 Å². The zero-order chi connectivity index (χ0) is 47.9. The van der Waals surface area contributed by atoms with Gasteiger partial charge in [-0.05, 0) is 83.5 Å². The number of hydrogen-bond donors (Lipinski definition) is 3. The van der Waals surface area contributed by atoms with Crippen molar-refractivity contribution in [2.45, 2.75) is 321 Å². The van der Waals surface area contributed by atoms with E-state index in [1.165, 1.54) is 225 Å². The minimum atomic E-state index is -0.666. The Hall–Kier alpha value is -1.92. The molecule has 0 aromatic rings. The third-order valence-electron chi connectivity index (χ3n) is 13.4. The average molecular weight is 929 g/mol. The molecule has 0 bridgehead atoms. The molecule has 0 heterocycles. The smallest absolute Gasteiger partial charge is 0.305 e. The first-order valence-electron chi connectivity index (χ1n) is 29.2. The van der Waals surface area contributed by atoms with Crippen LogP contribution in [-0.2, 0) is 14.3 Å². The van der Waals surface area contributed by atoms with Crippen molar-refractivity contribution in [1.82, 2.24) is 5.32 Å². The highest BCUT2D eigenvalue weighted by Gasteiger charge is 2.20. The molecule has 388 valence electrons. The fraction of sp³-hybridized carbons (Fsp3) is 0.867. The van der Waals surface area contributed by atoms with Crippen molar-refractivity contribution in [3.05, 3.63) is 36.5 Å². The average Bonchev–Trinajstić information content (AvgIpc) is 3.32. The van der Waals surface area contributed by atoms with E-state index >= 15 is 0 Å². The first-order valence-corrected chi connectivity index (χ1v) is 29.2. The van der Waals surface area contributed by atoms with Crippen molar-refractivity contribution < 1.29 is 24.5 Å². The van der Waals surface area contributed by atoms with Crippen molar-refractivity contribution >= 4 is 11.9 Å². The first-order chi connectivity index (χ1) is 32.5. The SMILES string of the molecule is CCCCCC/C=C\C/C=C\CCCCCCCCCC(=O)OCCCCCCCCCCCCC/C=C\CCCCCCCCCC(=O)NC(CO)C(O)CCCCCCCCCCC. The molecule has 0 aliphatic heterocycles. The molecule has 0 aliphatic rings. The zero-order valence-electron chi connectivity index (χ0n) is 44.2. The van der Waals surface area contributed by atoms with Crippen LogP contribution in [0.25, 0.3) is 0 Å². The second kappa shape index (κ2) is 55.7. The summed E-state index contributed by atoms with van der Waals surface area (Å²) in [5, 5.41) is 23.1. The molecule has 1 amide bonds. The van der Waals surface area contributed by atoms with Gasteiger partial charge < -0.3 is 20.3 Å². The Balaban J connectivity index is 3.39. The molecule has 0 saturated carbocycles. The third kappa shape index (κ3) is 51.5. The molecule has 6 heteroatoms. The van der Waals surface area contributed by atoms with E-state index in [1.54, 1.807) is 0 Å². The second-order valence-electron chi connectivity index (χ2n) is 20.0. The Bertz CT molecular complexity index is 1070. The van der Waals surface area contributed by atoms with Crippen LogP contribution in [0.15, 0.2) is 36.5 Å². The van der Waals surface area contributed by atoms with Gasteiger partial charge in [0.25, 0.3) is 0 Å². The molecular weight excluding hydrogens is 815 g/mol. The molecule has 3 N–H and O–H groups in total. The number of aliphatic hydroxyl groups is 2. The molecule has 66 heavy (non-hydrogen) atoms. The van der Waals surface area contributed by atoms with E-state index in [9.17, 15) is 19.8 Å². The van der Waals surface area contributed by atoms with E-state index in [1.807, 2.05) is 0 Å². The van der Waals surface area contributed by atoms with E-state index < -0.39 is 12.1 Å². The first kappa shape index (κ1) is 64.1. The van der Waals surface area contributed by atoms with Crippen molar-refractivity contribution in [1.29, 1.82) is 0 Å². The fourth-order valence-corrected chi connectivity index (χ4v) is 8.90. The van der Waals surface area contributed by atoms with Crippen LogP contribution in [0.2, 0.25) is 0 Å². The molecular formula is C60H113NO5. The van der Waals surface area contributed by atoms with Gasteiger partial charge in [-0.25, -0.2) is 0 Å². The molecule has 6 nitrogen and oxygen atoms in total. The predicted molar refractivity (Wildman–Crippen MR) is 287 cm³/mol. The van der Waals surface area contributed by atoms with E-state index in [2.05, 4.69) is 55.6 Å². The highest BCUT2D eigenvalue weighted by molar-refractivity contribution is 5.76. The monoisotopic (exact) mass is 928 g/mol. The Morgan fingerprint density at radius 2 is 0.758 bits per heavy atom. The Kier molecular flexibility index (Phi) is 54.1. The largest absolute Gasteiger partial charge is 0.466 e. The van der Waals surface area contributed by atoms with Gasteiger partial charge in [-0.3, -0.25) is 9.59 Å². The number of ether oxygens (including phenoxy) is 1. The minimum Gasteiger partial charge on any atom is -0.466 e. The molecule has 0 spiro atoms. The standard InChI is InChI=1S/C60H113NO5/c1-3-5-7-9-11-13-14-15-16-17-25-28-31-34-38-42-46-50-54-60(65)66-55-51-47-43-39-35-32-29-26-23-21-19-18-20-22-24-27-30-33-37-41-45-49-53-59(64)61-57(56-62)58(63)52-48-44-40-36-12-10-8-6-4-2/h13-14,16-17,20,22,57-58,62-63H,3-12,15,18-19,21,23-56H2,1-2H3,(H,61,64)/b14-13-,17-16-,22-20-. The van der Waals surface area contributed by atoms with Gasteiger partial charge in [-0.1, -0.05) is 249 Å². The number of allylic oxidation sites excluding steroid dienone is 6. The van der Waals surface area contributed by atoms with Crippen LogP contribution >= 0.6 is 0 Å². The van der Waals surface area contributed by atoms with Crippen LogP contribution < -0.4 is 5.32 Å². The number of aliphatic hydroxyl groups excluding tert-OH is 2. The number of esters is 1. The summed E-state index contributed by atoms with van der Waals surface area (Å²) in [5.74, 6) is -0.0423. The number of nitrogens with one attached hydrogen (secondary N) is 1. The van der Waals surface area contributed by atoms with Crippen LogP contribution in [0.4, 0.5) is 0 Å². The molecule has 0 fully saturated rings. The Morgan fingerprint density at radius 3 is 1.18 bits per heavy atom. The lowest BCUT2D eigenvalue weighted by atomic mass is 10.0. The number of carbonyl (C=O) groups excluding carboxylic acids is 2. The Morgan fingerprint density at radius 1 is 0.424 bits per heavy atom. The van der Waals surface area contributed by atoms with Crippen LogP contribution in [0, 0.1) is 0 Å². The topological polar surface area (TPSA) is 95.9 Å². The maximum Gasteiger partial charge on any atom is 0.305 e. The summed E-state index contributed by atoms with van der Waals surface area (Å²) >= 11 is 0. The summed E-state index contributed by atoms with van der Waals surface area (Å²) in [6.45, 7) is 4.91. The van der Waals surface area contributed by atoms with Gasteiger partial charge in [-0.2, -0.15) is 0 Å². The lowest BCUT2D eigenvalue weighted by Crippen LogP contribution is -2.45. The maximum absolute atomic E-state index is 12.4. The van der Waals surface area contributed by atoms with E-state index in [4.69, 9.17) is 4.74 Å². The highest BCUT2D eigenvalue weighted by Crippen LogP contribution is 2.16. The number of carbonyl (C=O) groups is 2. The van der Waals surface area contributed by atoms with E-state index in [-0.39, 0.29) is 18.5 Å². The zero-order valence-corrected chi connectivity index (χ0v) is 44.2. The van der Waals surface area contributed by atoms with Gasteiger partial charge in [0.05, 0.1) is 25.4 Å². The predicted octanol–water partition coefficient (Wildman–Crippen LogP) is 18.0. The van der Waals surface area contributed by atoms with Crippen LogP contribution in [-0.4, -0.2) is 47.4 Å². The quantitative estimate of drug-likeness (QED) is 0.0321. The molecule has 0 aliphatic carbocycles. The van der Waals surface area contributed by atoms with Gasteiger partial charge in [0.2, 0.25) is 5.91 Å². The van der Waals surface area contributed by atoms with Gasteiger partial charge in [0.1, 0.15) is 0 Å². The second-order valence-corrected chi connectivity index (χ2v) is 20.0. The van der Waals surface area contributed by atoms with Crippen LogP contribution in [0.1, 0.15) is 309 Å². The van der Waals surface area contributed by atoms with Crippen LogP contribution in [0.3, 0.4) is 0 Å². The summed E-state index contributed by atoms with van der Waals surface area (Å²) in [6, 6.07) is -0.545. The lowest BCUT2D eigenvalue weighted by Gasteiger charge is -2.22. The van der Waals surface area contributed by atoms with Gasteiger partial charge >= 0.3 is 5.97 Å². The minimum absolute atomic E-state index is 0.00230. The van der Waals surface area contributed by atoms with E-state index in [0.717, 1.165) is 51.4 Å². The van der Waals surface area contributed by atoms with Gasteiger partial charge in [0.15, 0.2) is 0 Å². The van der Waals surface area contributed by atoms with Crippen molar-refractivity contribution in [3.63, 3.8) is 0 Å². The summed E-state index contributed by atoms with van der Waals surface area (Å²) in [5.41, 5.74) is 0. The molecule has 0 rings (SSSR count). The fourth-order valence-electron chi connectivity index (χ4n) is 8.90. The summed E-state index contributed by atoms with van der Waals surface area (Å²) in [6.07, 6.45) is 68.6. The molecule has 0 radical (unpaired) electrons. The molecule has 0 aromatic heterocycles. The number of unbranched alkanes of at least 4 members (excludes halogenated alkanes) is 37. The lowest BCUT2D eigenvalue weighted by molar-refractivity contribution is -0.143. The summed E-state index contributed by atoms with van der Waals surface area (Å²) < 4.78 is 5.49. The summed E-state index contributed by atoms with van der Waals surface area (Å²) in [4.78, 5) is 24.5. The molecule has 2 atom stereocenters. The maximum atomic E-state index is 12.4. The van der Waals surface area contributed by atoms with Crippen molar-refractivity contribution in [2.24, 2.45) is 0 Å². The normalized spacial score (nSPS) is 12.8. The van der Waals surface area contributed by atoms with Crippen molar-refractivity contribution in [3.8, 4) is 0 Å².